The van der Waals surface area contributed by atoms with Crippen LogP contribution in [0.25, 0.3) is 11.3 Å². The van der Waals surface area contributed by atoms with Gasteiger partial charge in [0.05, 0.1) is 17.9 Å². The number of nitriles is 1. The molecule has 5 heteroatoms. The monoisotopic (exact) mass is 277 g/mol. The van der Waals surface area contributed by atoms with Crippen molar-refractivity contribution in [3.05, 3.63) is 72.0 Å². The first kappa shape index (κ1) is 13.0. The zero-order valence-corrected chi connectivity index (χ0v) is 11.0. The van der Waals surface area contributed by atoms with E-state index in [1.165, 1.54) is 6.33 Å². The number of aliphatic hydroxyl groups excluding tert-OH is 1. The van der Waals surface area contributed by atoms with Crippen molar-refractivity contribution >= 4 is 0 Å². The number of aliphatic hydroxyl groups is 1. The minimum absolute atomic E-state index is 0.502. The van der Waals surface area contributed by atoms with Gasteiger partial charge >= 0.3 is 0 Å². The first-order chi connectivity index (χ1) is 10.3. The Morgan fingerprint density at radius 3 is 2.67 bits per heavy atom. The van der Waals surface area contributed by atoms with Crippen LogP contribution in [0.3, 0.4) is 0 Å². The highest BCUT2D eigenvalue weighted by atomic mass is 16.3. The van der Waals surface area contributed by atoms with E-state index in [1.54, 1.807) is 49.0 Å². The zero-order valence-electron chi connectivity index (χ0n) is 11.0. The molecule has 1 N–H and O–H groups in total. The van der Waals surface area contributed by atoms with Crippen LogP contribution in [0.4, 0.5) is 0 Å². The fourth-order valence-electron chi connectivity index (χ4n) is 2.14. The van der Waals surface area contributed by atoms with Gasteiger partial charge < -0.3 is 9.52 Å². The summed E-state index contributed by atoms with van der Waals surface area (Å²) in [5, 5.41) is 19.6. The number of rotatable bonds is 3. The summed E-state index contributed by atoms with van der Waals surface area (Å²) in [6.07, 6.45) is 5.18. The van der Waals surface area contributed by atoms with Crippen molar-refractivity contribution in [2.75, 3.05) is 0 Å². The van der Waals surface area contributed by atoms with Gasteiger partial charge in [-0.2, -0.15) is 5.26 Å². The summed E-state index contributed by atoms with van der Waals surface area (Å²) in [6.45, 7) is 0. The van der Waals surface area contributed by atoms with Gasteiger partial charge in [-0.25, -0.2) is 9.97 Å². The van der Waals surface area contributed by atoms with E-state index >= 15 is 0 Å². The molecule has 21 heavy (non-hydrogen) atoms. The Balaban J connectivity index is 2.12. The molecule has 1 unspecified atom stereocenters. The Kier molecular flexibility index (Phi) is 3.46. The van der Waals surface area contributed by atoms with Crippen molar-refractivity contribution < 1.29 is 9.52 Å². The van der Waals surface area contributed by atoms with E-state index in [4.69, 9.17) is 9.68 Å². The topological polar surface area (TPSA) is 82.9 Å². The summed E-state index contributed by atoms with van der Waals surface area (Å²) < 4.78 is 5.39. The molecule has 0 bridgehead atoms. The molecule has 1 aromatic carbocycles. The molecule has 0 saturated heterocycles. The normalized spacial score (nSPS) is 11.8. The highest BCUT2D eigenvalue weighted by molar-refractivity contribution is 5.66. The molecule has 2 aromatic heterocycles. The average molecular weight is 277 g/mol. The molecule has 1 atom stereocenters. The molecule has 5 nitrogen and oxygen atoms in total. The van der Waals surface area contributed by atoms with Crippen LogP contribution in [-0.2, 0) is 0 Å². The SMILES string of the molecule is N#Cc1ccc(C(O)c2cncnc2)c(-c2ccco2)c1. The van der Waals surface area contributed by atoms with Crippen LogP contribution in [0.1, 0.15) is 22.8 Å². The third kappa shape index (κ3) is 2.53. The van der Waals surface area contributed by atoms with Gasteiger partial charge in [0.1, 0.15) is 18.2 Å². The lowest BCUT2D eigenvalue weighted by Crippen LogP contribution is -2.03. The van der Waals surface area contributed by atoms with Gasteiger partial charge in [0.2, 0.25) is 0 Å². The molecule has 2 heterocycles. The predicted molar refractivity (Wildman–Crippen MR) is 75.0 cm³/mol. The minimum Gasteiger partial charge on any atom is -0.464 e. The average Bonchev–Trinajstić information content (AvgIpc) is 3.09. The van der Waals surface area contributed by atoms with Crippen LogP contribution in [0.2, 0.25) is 0 Å². The highest BCUT2D eigenvalue weighted by Crippen LogP contribution is 2.32. The summed E-state index contributed by atoms with van der Waals surface area (Å²) >= 11 is 0. The lowest BCUT2D eigenvalue weighted by molar-refractivity contribution is 0.219. The van der Waals surface area contributed by atoms with Crippen molar-refractivity contribution in [1.82, 2.24) is 9.97 Å². The van der Waals surface area contributed by atoms with Gasteiger partial charge in [-0.3, -0.25) is 0 Å². The van der Waals surface area contributed by atoms with Gasteiger partial charge in [0.15, 0.2) is 0 Å². The van der Waals surface area contributed by atoms with Gasteiger partial charge in [-0.05, 0) is 29.8 Å². The minimum atomic E-state index is -0.890. The van der Waals surface area contributed by atoms with Crippen molar-refractivity contribution in [3.63, 3.8) is 0 Å². The molecule has 102 valence electrons. The lowest BCUT2D eigenvalue weighted by Gasteiger charge is -2.14. The maximum atomic E-state index is 10.5. The van der Waals surface area contributed by atoms with Crippen LogP contribution >= 0.6 is 0 Å². The maximum Gasteiger partial charge on any atom is 0.134 e. The van der Waals surface area contributed by atoms with Gasteiger partial charge in [-0.1, -0.05) is 6.07 Å². The third-order valence-electron chi connectivity index (χ3n) is 3.16. The second-order valence-corrected chi connectivity index (χ2v) is 4.47. The van der Waals surface area contributed by atoms with E-state index in [2.05, 4.69) is 16.0 Å². The Bertz CT molecular complexity index is 777. The third-order valence-corrected chi connectivity index (χ3v) is 3.16. The van der Waals surface area contributed by atoms with Crippen molar-refractivity contribution in [2.45, 2.75) is 6.10 Å². The molecule has 0 radical (unpaired) electrons. The van der Waals surface area contributed by atoms with Crippen molar-refractivity contribution in [3.8, 4) is 17.4 Å². The van der Waals surface area contributed by atoms with Crippen LogP contribution in [-0.4, -0.2) is 15.1 Å². The van der Waals surface area contributed by atoms with E-state index in [9.17, 15) is 5.11 Å². The standard InChI is InChI=1S/C16H11N3O2/c17-7-11-3-4-13(14(6-11)15-2-1-5-21-15)16(20)12-8-18-10-19-9-12/h1-6,8-10,16,20H. The van der Waals surface area contributed by atoms with Gasteiger partial charge in [0.25, 0.3) is 0 Å². The first-order valence-electron chi connectivity index (χ1n) is 6.30. The molecule has 0 amide bonds. The van der Waals surface area contributed by atoms with Crippen LogP contribution in [0.15, 0.2) is 59.7 Å². The summed E-state index contributed by atoms with van der Waals surface area (Å²) in [7, 11) is 0. The Hall–Kier alpha value is -2.97. The highest BCUT2D eigenvalue weighted by Gasteiger charge is 2.18. The van der Waals surface area contributed by atoms with Gasteiger partial charge in [-0.15, -0.1) is 0 Å². The Morgan fingerprint density at radius 1 is 1.19 bits per heavy atom. The first-order valence-corrected chi connectivity index (χ1v) is 6.30. The number of furan rings is 1. The molecule has 3 rings (SSSR count). The summed E-state index contributed by atoms with van der Waals surface area (Å²) in [5.74, 6) is 0.595. The Labute approximate surface area is 121 Å². The molecule has 0 aliphatic carbocycles. The fraction of sp³-hybridized carbons (Fsp3) is 0.0625. The molecular weight excluding hydrogens is 266 g/mol. The molecule has 0 aliphatic rings. The predicted octanol–water partition coefficient (Wildman–Crippen LogP) is 2.69. The molecule has 0 aliphatic heterocycles. The van der Waals surface area contributed by atoms with Crippen LogP contribution in [0.5, 0.6) is 0 Å². The smallest absolute Gasteiger partial charge is 0.134 e. The van der Waals surface area contributed by atoms with E-state index in [1.807, 2.05) is 0 Å². The van der Waals surface area contributed by atoms with Crippen molar-refractivity contribution in [1.29, 1.82) is 5.26 Å². The lowest BCUT2D eigenvalue weighted by atomic mass is 9.95. The zero-order chi connectivity index (χ0) is 14.7. The molecular formula is C16H11N3O2. The summed E-state index contributed by atoms with van der Waals surface area (Å²) in [6, 6.07) is 10.7. The van der Waals surface area contributed by atoms with E-state index in [0.717, 1.165) is 0 Å². The van der Waals surface area contributed by atoms with Gasteiger partial charge in [0, 0.05) is 23.5 Å². The van der Waals surface area contributed by atoms with E-state index in [-0.39, 0.29) is 0 Å². The van der Waals surface area contributed by atoms with E-state index in [0.29, 0.717) is 28.0 Å². The number of benzene rings is 1. The Morgan fingerprint density at radius 2 is 2.00 bits per heavy atom. The number of nitrogens with zero attached hydrogens (tertiary/aromatic N) is 3. The van der Waals surface area contributed by atoms with Crippen molar-refractivity contribution in [2.24, 2.45) is 0 Å². The second-order valence-electron chi connectivity index (χ2n) is 4.47. The largest absolute Gasteiger partial charge is 0.464 e. The number of hydrogen-bond acceptors (Lipinski definition) is 5. The molecule has 0 fully saturated rings. The fourth-order valence-corrected chi connectivity index (χ4v) is 2.14. The molecule has 0 spiro atoms. The summed E-state index contributed by atoms with van der Waals surface area (Å²) in [5.41, 5.74) is 2.39. The number of aromatic nitrogens is 2. The molecule has 0 saturated carbocycles. The van der Waals surface area contributed by atoms with E-state index < -0.39 is 6.10 Å². The van der Waals surface area contributed by atoms with Crippen LogP contribution in [0, 0.1) is 11.3 Å². The van der Waals surface area contributed by atoms with Crippen LogP contribution < -0.4 is 0 Å². The summed E-state index contributed by atoms with van der Waals surface area (Å²) in [4.78, 5) is 7.82. The maximum absolute atomic E-state index is 10.5. The second kappa shape index (κ2) is 5.57. The number of hydrogen-bond donors (Lipinski definition) is 1. The molecule has 3 aromatic rings. The quantitative estimate of drug-likeness (QED) is 0.795.